The number of ether oxygens (including phenoxy) is 1. The molecule has 21 heavy (non-hydrogen) atoms. The Balaban J connectivity index is 2.05. The van der Waals surface area contributed by atoms with Crippen molar-refractivity contribution in [1.82, 2.24) is 9.78 Å². The van der Waals surface area contributed by atoms with Crippen molar-refractivity contribution in [2.75, 3.05) is 6.61 Å². The minimum Gasteiger partial charge on any atom is -0.481 e. The van der Waals surface area contributed by atoms with Gasteiger partial charge in [0, 0.05) is 17.9 Å². The summed E-state index contributed by atoms with van der Waals surface area (Å²) in [6, 6.07) is 9.83. The Labute approximate surface area is 123 Å². The molecule has 1 saturated heterocycles. The lowest BCUT2D eigenvalue weighted by Crippen LogP contribution is -2.18. The van der Waals surface area contributed by atoms with E-state index in [1.807, 2.05) is 48.9 Å². The molecular formula is C16H18N2O3. The van der Waals surface area contributed by atoms with Crippen LogP contribution in [-0.4, -0.2) is 27.5 Å². The minimum absolute atomic E-state index is 0.403. The fourth-order valence-electron chi connectivity index (χ4n) is 3.01. The second-order valence-corrected chi connectivity index (χ2v) is 5.36. The van der Waals surface area contributed by atoms with Gasteiger partial charge in [-0.1, -0.05) is 18.2 Å². The third-order valence-corrected chi connectivity index (χ3v) is 4.04. The Kier molecular flexibility index (Phi) is 3.51. The topological polar surface area (TPSA) is 64.4 Å². The number of aliphatic carboxylic acids is 1. The summed E-state index contributed by atoms with van der Waals surface area (Å²) in [6.45, 7) is 4.35. The van der Waals surface area contributed by atoms with E-state index in [9.17, 15) is 9.90 Å². The Hall–Kier alpha value is -2.14. The van der Waals surface area contributed by atoms with Crippen LogP contribution in [0.1, 0.15) is 29.5 Å². The second kappa shape index (κ2) is 5.33. The monoisotopic (exact) mass is 286 g/mol. The van der Waals surface area contributed by atoms with E-state index in [2.05, 4.69) is 5.10 Å². The number of rotatable bonds is 3. The normalized spacial score (nSPS) is 21.6. The second-order valence-electron chi connectivity index (χ2n) is 5.36. The first-order chi connectivity index (χ1) is 10.1. The predicted molar refractivity (Wildman–Crippen MR) is 77.5 cm³/mol. The summed E-state index contributed by atoms with van der Waals surface area (Å²) in [5, 5.41) is 13.9. The molecule has 1 aliphatic heterocycles. The van der Waals surface area contributed by atoms with Crippen molar-refractivity contribution in [2.45, 2.75) is 26.4 Å². The molecule has 3 rings (SSSR count). The molecule has 1 aromatic carbocycles. The Morgan fingerprint density at radius 2 is 2.05 bits per heavy atom. The first kappa shape index (κ1) is 13.8. The van der Waals surface area contributed by atoms with Gasteiger partial charge in [-0.3, -0.25) is 4.79 Å². The maximum atomic E-state index is 11.4. The van der Waals surface area contributed by atoms with Gasteiger partial charge in [0.15, 0.2) is 0 Å². The molecule has 0 aliphatic carbocycles. The molecule has 110 valence electrons. The Morgan fingerprint density at radius 3 is 2.71 bits per heavy atom. The fourth-order valence-corrected chi connectivity index (χ4v) is 3.01. The molecular weight excluding hydrogens is 268 g/mol. The van der Waals surface area contributed by atoms with E-state index in [1.165, 1.54) is 0 Å². The van der Waals surface area contributed by atoms with Crippen molar-refractivity contribution < 1.29 is 14.6 Å². The van der Waals surface area contributed by atoms with Gasteiger partial charge in [-0.05, 0) is 32.4 Å². The molecule has 2 aromatic rings. The summed E-state index contributed by atoms with van der Waals surface area (Å²) in [4.78, 5) is 11.4. The van der Waals surface area contributed by atoms with Crippen LogP contribution in [-0.2, 0) is 9.53 Å². The number of aryl methyl sites for hydroxylation is 1. The van der Waals surface area contributed by atoms with Gasteiger partial charge < -0.3 is 9.84 Å². The van der Waals surface area contributed by atoms with Crippen molar-refractivity contribution in [3.05, 3.63) is 47.3 Å². The summed E-state index contributed by atoms with van der Waals surface area (Å²) >= 11 is 0. The summed E-state index contributed by atoms with van der Waals surface area (Å²) < 4.78 is 7.54. The number of nitrogens with zero attached hydrogens (tertiary/aromatic N) is 2. The SMILES string of the molecule is Cc1nn(-c2ccccc2)c(C)c1[C@@H]1OCC[C@@H]1C(=O)O. The van der Waals surface area contributed by atoms with Crippen molar-refractivity contribution in [2.24, 2.45) is 5.92 Å². The largest absolute Gasteiger partial charge is 0.481 e. The van der Waals surface area contributed by atoms with Crippen LogP contribution < -0.4 is 0 Å². The standard InChI is InChI=1S/C16H18N2O3/c1-10-14(15-13(16(19)20)8-9-21-15)11(2)18(17-10)12-6-4-3-5-7-12/h3-7,13,15H,8-9H2,1-2H3,(H,19,20)/t13-,15+/m0/s1. The van der Waals surface area contributed by atoms with Crippen LogP contribution in [0.4, 0.5) is 0 Å². The molecule has 0 spiro atoms. The zero-order chi connectivity index (χ0) is 15.0. The van der Waals surface area contributed by atoms with E-state index >= 15 is 0 Å². The fraction of sp³-hybridized carbons (Fsp3) is 0.375. The van der Waals surface area contributed by atoms with Gasteiger partial charge >= 0.3 is 5.97 Å². The number of aromatic nitrogens is 2. The van der Waals surface area contributed by atoms with E-state index in [-0.39, 0.29) is 0 Å². The van der Waals surface area contributed by atoms with Gasteiger partial charge in [0.2, 0.25) is 0 Å². The predicted octanol–water partition coefficient (Wildman–Crippen LogP) is 2.65. The zero-order valence-electron chi connectivity index (χ0n) is 12.1. The van der Waals surface area contributed by atoms with Crippen LogP contribution in [0, 0.1) is 19.8 Å². The zero-order valence-corrected chi connectivity index (χ0v) is 12.1. The molecule has 5 nitrogen and oxygen atoms in total. The highest BCUT2D eigenvalue weighted by Gasteiger charge is 2.38. The average molecular weight is 286 g/mol. The number of benzene rings is 1. The number of carboxylic acids is 1. The van der Waals surface area contributed by atoms with Crippen LogP contribution >= 0.6 is 0 Å². The lowest BCUT2D eigenvalue weighted by molar-refractivity contribution is -0.143. The number of carboxylic acid groups (broad SMARTS) is 1. The maximum Gasteiger partial charge on any atom is 0.309 e. The third kappa shape index (κ3) is 2.34. The first-order valence-corrected chi connectivity index (χ1v) is 7.05. The Bertz CT molecular complexity index is 664. The van der Waals surface area contributed by atoms with E-state index in [0.29, 0.717) is 13.0 Å². The van der Waals surface area contributed by atoms with Gasteiger partial charge in [0.25, 0.3) is 0 Å². The molecule has 1 N–H and O–H groups in total. The minimum atomic E-state index is -0.802. The smallest absolute Gasteiger partial charge is 0.309 e. The van der Waals surface area contributed by atoms with Gasteiger partial charge in [-0.15, -0.1) is 0 Å². The maximum absolute atomic E-state index is 11.4. The van der Waals surface area contributed by atoms with Gasteiger partial charge in [0.05, 0.1) is 23.4 Å². The lowest BCUT2D eigenvalue weighted by atomic mass is 9.94. The molecule has 1 aliphatic rings. The van der Waals surface area contributed by atoms with E-state index in [4.69, 9.17) is 4.74 Å². The summed E-state index contributed by atoms with van der Waals surface area (Å²) in [7, 11) is 0. The van der Waals surface area contributed by atoms with Crippen molar-refractivity contribution in [3.8, 4) is 5.69 Å². The number of para-hydroxylation sites is 1. The lowest BCUT2D eigenvalue weighted by Gasteiger charge is -2.16. The molecule has 0 bridgehead atoms. The van der Waals surface area contributed by atoms with Crippen molar-refractivity contribution in [1.29, 1.82) is 0 Å². The quantitative estimate of drug-likeness (QED) is 0.942. The van der Waals surface area contributed by atoms with Crippen LogP contribution in [0.25, 0.3) is 5.69 Å². The molecule has 0 unspecified atom stereocenters. The van der Waals surface area contributed by atoms with Crippen LogP contribution in [0.15, 0.2) is 30.3 Å². The average Bonchev–Trinajstić information content (AvgIpc) is 3.04. The highest BCUT2D eigenvalue weighted by Crippen LogP contribution is 2.38. The van der Waals surface area contributed by atoms with Crippen molar-refractivity contribution >= 4 is 5.97 Å². The van der Waals surface area contributed by atoms with E-state index in [1.54, 1.807) is 0 Å². The van der Waals surface area contributed by atoms with Gasteiger partial charge in [-0.25, -0.2) is 4.68 Å². The van der Waals surface area contributed by atoms with E-state index in [0.717, 1.165) is 22.6 Å². The molecule has 0 amide bonds. The van der Waals surface area contributed by atoms with Crippen LogP contribution in [0.2, 0.25) is 0 Å². The summed E-state index contributed by atoms with van der Waals surface area (Å²) in [5.41, 5.74) is 3.64. The van der Waals surface area contributed by atoms with Crippen molar-refractivity contribution in [3.63, 3.8) is 0 Å². The Morgan fingerprint density at radius 1 is 1.33 bits per heavy atom. The molecule has 5 heteroatoms. The number of hydrogen-bond acceptors (Lipinski definition) is 3. The molecule has 1 aromatic heterocycles. The molecule has 1 fully saturated rings. The first-order valence-electron chi connectivity index (χ1n) is 7.05. The summed E-state index contributed by atoms with van der Waals surface area (Å²) in [5.74, 6) is -1.29. The summed E-state index contributed by atoms with van der Waals surface area (Å²) in [6.07, 6.45) is 0.148. The molecule has 2 heterocycles. The number of hydrogen-bond donors (Lipinski definition) is 1. The third-order valence-electron chi connectivity index (χ3n) is 4.04. The highest BCUT2D eigenvalue weighted by atomic mass is 16.5. The van der Waals surface area contributed by atoms with Gasteiger partial charge in [0.1, 0.15) is 0 Å². The molecule has 0 saturated carbocycles. The van der Waals surface area contributed by atoms with Crippen LogP contribution in [0.5, 0.6) is 0 Å². The van der Waals surface area contributed by atoms with Gasteiger partial charge in [-0.2, -0.15) is 5.10 Å². The van der Waals surface area contributed by atoms with E-state index < -0.39 is 18.0 Å². The van der Waals surface area contributed by atoms with Crippen LogP contribution in [0.3, 0.4) is 0 Å². The molecule has 0 radical (unpaired) electrons. The molecule has 2 atom stereocenters. The highest BCUT2D eigenvalue weighted by molar-refractivity contribution is 5.71. The number of carbonyl (C=O) groups is 1.